The lowest BCUT2D eigenvalue weighted by Crippen LogP contribution is -2.41. The second-order valence-corrected chi connectivity index (χ2v) is 6.26. The highest BCUT2D eigenvalue weighted by atomic mass is 32.1. The third kappa shape index (κ3) is 2.42. The molecule has 2 N–H and O–H groups in total. The van der Waals surface area contributed by atoms with Gasteiger partial charge in [0.15, 0.2) is 0 Å². The van der Waals surface area contributed by atoms with E-state index in [1.807, 2.05) is 25.8 Å². The second kappa shape index (κ2) is 5.36. The number of nitrogens with zero attached hydrogens (tertiary/aromatic N) is 2. The molecule has 5 heteroatoms. The van der Waals surface area contributed by atoms with Crippen LogP contribution >= 0.6 is 11.3 Å². The van der Waals surface area contributed by atoms with Crippen molar-refractivity contribution in [3.8, 4) is 0 Å². The Labute approximate surface area is 112 Å². The standard InChI is InChI=1S/C13H21N3OS/c1-8-12(18-9(2)15-8)13(17)16(3)11-6-4-5-10(11)7-14/h10-11H,4-7,14H2,1-3H3. The van der Waals surface area contributed by atoms with Gasteiger partial charge in [0.05, 0.1) is 10.7 Å². The van der Waals surface area contributed by atoms with E-state index in [4.69, 9.17) is 5.73 Å². The zero-order valence-corrected chi connectivity index (χ0v) is 12.1. The van der Waals surface area contributed by atoms with Gasteiger partial charge in [-0.3, -0.25) is 4.79 Å². The van der Waals surface area contributed by atoms with Gasteiger partial charge in [-0.15, -0.1) is 11.3 Å². The molecule has 0 radical (unpaired) electrons. The number of amides is 1. The fourth-order valence-corrected chi connectivity index (χ4v) is 3.75. The minimum atomic E-state index is 0.100. The molecule has 0 spiro atoms. The molecular weight excluding hydrogens is 246 g/mol. The molecule has 1 fully saturated rings. The molecular formula is C13H21N3OS. The van der Waals surface area contributed by atoms with Gasteiger partial charge < -0.3 is 10.6 Å². The number of nitrogens with two attached hydrogens (primary N) is 1. The number of hydrogen-bond donors (Lipinski definition) is 1. The van der Waals surface area contributed by atoms with Crippen molar-refractivity contribution in [1.82, 2.24) is 9.88 Å². The largest absolute Gasteiger partial charge is 0.338 e. The molecule has 2 atom stereocenters. The summed E-state index contributed by atoms with van der Waals surface area (Å²) >= 11 is 1.48. The predicted octanol–water partition coefficient (Wildman–Crippen LogP) is 1.96. The Kier molecular flexibility index (Phi) is 4.02. The number of thiazole rings is 1. The molecule has 1 amide bonds. The van der Waals surface area contributed by atoms with Crippen LogP contribution in [0.25, 0.3) is 0 Å². The van der Waals surface area contributed by atoms with E-state index in [1.54, 1.807) is 0 Å². The van der Waals surface area contributed by atoms with Crippen LogP contribution in [0.5, 0.6) is 0 Å². The van der Waals surface area contributed by atoms with E-state index >= 15 is 0 Å². The minimum Gasteiger partial charge on any atom is -0.338 e. The Morgan fingerprint density at radius 1 is 1.50 bits per heavy atom. The average Bonchev–Trinajstić information content (AvgIpc) is 2.93. The molecule has 18 heavy (non-hydrogen) atoms. The van der Waals surface area contributed by atoms with E-state index in [9.17, 15) is 4.79 Å². The fourth-order valence-electron chi connectivity index (χ4n) is 2.84. The maximum Gasteiger partial charge on any atom is 0.265 e. The van der Waals surface area contributed by atoms with Crippen molar-refractivity contribution in [2.45, 2.75) is 39.2 Å². The molecule has 1 saturated carbocycles. The molecule has 0 aromatic carbocycles. The van der Waals surface area contributed by atoms with Crippen LogP contribution in [0.2, 0.25) is 0 Å². The monoisotopic (exact) mass is 267 g/mol. The third-order valence-corrected chi connectivity index (χ3v) is 4.90. The molecule has 0 aliphatic heterocycles. The molecule has 2 unspecified atom stereocenters. The molecule has 100 valence electrons. The number of rotatable bonds is 3. The van der Waals surface area contributed by atoms with Crippen molar-refractivity contribution in [2.24, 2.45) is 11.7 Å². The first-order valence-electron chi connectivity index (χ1n) is 6.45. The normalized spacial score (nSPS) is 23.3. The lowest BCUT2D eigenvalue weighted by molar-refractivity contribution is 0.0704. The van der Waals surface area contributed by atoms with Gasteiger partial charge in [0.25, 0.3) is 5.91 Å². The predicted molar refractivity (Wildman–Crippen MR) is 73.9 cm³/mol. The van der Waals surface area contributed by atoms with Crippen molar-refractivity contribution >= 4 is 17.2 Å². The Morgan fingerprint density at radius 2 is 2.22 bits per heavy atom. The van der Waals surface area contributed by atoms with Gasteiger partial charge in [-0.1, -0.05) is 6.42 Å². The lowest BCUT2D eigenvalue weighted by Gasteiger charge is -2.28. The van der Waals surface area contributed by atoms with Crippen LogP contribution in [0.4, 0.5) is 0 Å². The number of hydrogen-bond acceptors (Lipinski definition) is 4. The molecule has 1 heterocycles. The van der Waals surface area contributed by atoms with Crippen molar-refractivity contribution in [1.29, 1.82) is 0 Å². The summed E-state index contributed by atoms with van der Waals surface area (Å²) in [5.41, 5.74) is 6.63. The van der Waals surface area contributed by atoms with Crippen LogP contribution < -0.4 is 5.73 Å². The van der Waals surface area contributed by atoms with Crippen LogP contribution in [0.3, 0.4) is 0 Å². The first-order valence-corrected chi connectivity index (χ1v) is 7.27. The summed E-state index contributed by atoms with van der Waals surface area (Å²) in [6, 6.07) is 0.296. The molecule has 0 bridgehead atoms. The molecule has 1 aliphatic carbocycles. The quantitative estimate of drug-likeness (QED) is 0.910. The SMILES string of the molecule is Cc1nc(C)c(C(=O)N(C)C2CCCC2CN)s1. The summed E-state index contributed by atoms with van der Waals surface area (Å²) in [6.45, 7) is 4.51. The number of carbonyl (C=O) groups is 1. The van der Waals surface area contributed by atoms with Gasteiger partial charge in [-0.2, -0.15) is 0 Å². The van der Waals surface area contributed by atoms with E-state index in [0.717, 1.165) is 28.4 Å². The maximum atomic E-state index is 12.5. The molecule has 1 aromatic rings. The van der Waals surface area contributed by atoms with E-state index in [0.29, 0.717) is 18.5 Å². The topological polar surface area (TPSA) is 59.2 Å². The molecule has 0 saturated heterocycles. The van der Waals surface area contributed by atoms with Crippen LogP contribution in [-0.4, -0.2) is 35.4 Å². The van der Waals surface area contributed by atoms with E-state index in [1.165, 1.54) is 17.8 Å². The van der Waals surface area contributed by atoms with Crippen LogP contribution in [0, 0.1) is 19.8 Å². The first kappa shape index (κ1) is 13.5. The summed E-state index contributed by atoms with van der Waals surface area (Å²) in [5, 5.41) is 0.950. The van der Waals surface area contributed by atoms with Gasteiger partial charge in [-0.05, 0) is 39.2 Å². The third-order valence-electron chi connectivity index (χ3n) is 3.84. The molecule has 1 aliphatic rings. The minimum absolute atomic E-state index is 0.100. The Bertz CT molecular complexity index is 443. The van der Waals surface area contributed by atoms with Crippen molar-refractivity contribution in [3.05, 3.63) is 15.6 Å². The van der Waals surface area contributed by atoms with Gasteiger partial charge in [0.1, 0.15) is 4.88 Å². The number of aromatic nitrogens is 1. The summed E-state index contributed by atoms with van der Waals surface area (Å²) in [6.07, 6.45) is 3.38. The lowest BCUT2D eigenvalue weighted by atomic mass is 10.0. The van der Waals surface area contributed by atoms with Gasteiger partial charge >= 0.3 is 0 Å². The second-order valence-electron chi connectivity index (χ2n) is 5.06. The van der Waals surface area contributed by atoms with Gasteiger partial charge in [0.2, 0.25) is 0 Å². The van der Waals surface area contributed by atoms with Crippen molar-refractivity contribution in [2.75, 3.05) is 13.6 Å². The van der Waals surface area contributed by atoms with E-state index < -0.39 is 0 Å². The smallest absolute Gasteiger partial charge is 0.265 e. The van der Waals surface area contributed by atoms with E-state index in [-0.39, 0.29) is 5.91 Å². The van der Waals surface area contributed by atoms with E-state index in [2.05, 4.69) is 4.98 Å². The highest BCUT2D eigenvalue weighted by Crippen LogP contribution is 2.30. The van der Waals surface area contributed by atoms with Gasteiger partial charge in [0, 0.05) is 13.1 Å². The molecule has 2 rings (SSSR count). The molecule has 1 aromatic heterocycles. The van der Waals surface area contributed by atoms with Crippen molar-refractivity contribution in [3.63, 3.8) is 0 Å². The highest BCUT2D eigenvalue weighted by molar-refractivity contribution is 7.13. The zero-order valence-electron chi connectivity index (χ0n) is 11.3. The first-order chi connectivity index (χ1) is 8.54. The fraction of sp³-hybridized carbons (Fsp3) is 0.692. The average molecular weight is 267 g/mol. The van der Waals surface area contributed by atoms with Crippen LogP contribution in [-0.2, 0) is 0 Å². The summed E-state index contributed by atoms with van der Waals surface area (Å²) < 4.78 is 0. The van der Waals surface area contributed by atoms with Crippen molar-refractivity contribution < 1.29 is 4.79 Å². The summed E-state index contributed by atoms with van der Waals surface area (Å²) in [5.74, 6) is 0.553. The number of aryl methyl sites for hydroxylation is 2. The summed E-state index contributed by atoms with van der Waals surface area (Å²) in [4.78, 5) is 19.5. The van der Waals surface area contributed by atoms with Crippen LogP contribution in [0.15, 0.2) is 0 Å². The Balaban J connectivity index is 2.16. The highest BCUT2D eigenvalue weighted by Gasteiger charge is 2.33. The summed E-state index contributed by atoms with van der Waals surface area (Å²) in [7, 11) is 1.90. The molecule has 4 nitrogen and oxygen atoms in total. The number of carbonyl (C=O) groups excluding carboxylic acids is 1. The Morgan fingerprint density at radius 3 is 2.78 bits per heavy atom. The Hall–Kier alpha value is -0.940. The zero-order chi connectivity index (χ0) is 13.3. The maximum absolute atomic E-state index is 12.5. The van der Waals surface area contributed by atoms with Gasteiger partial charge in [-0.25, -0.2) is 4.98 Å². The van der Waals surface area contributed by atoms with Crippen LogP contribution in [0.1, 0.15) is 39.6 Å².